The van der Waals surface area contributed by atoms with Crippen LogP contribution < -0.4 is 28.4 Å². The third kappa shape index (κ3) is 7.67. The van der Waals surface area contributed by atoms with Crippen LogP contribution in [-0.4, -0.2) is 84.8 Å². The van der Waals surface area contributed by atoms with Crippen molar-refractivity contribution in [2.75, 3.05) is 41.0 Å². The highest BCUT2D eigenvalue weighted by Gasteiger charge is 2.55. The number of carbonyl (C=O) groups excluding carboxylic acids is 4. The molecule has 0 unspecified atom stereocenters. The third-order valence-corrected chi connectivity index (χ3v) is 15.3. The molecule has 76 heavy (non-hydrogen) atoms. The van der Waals surface area contributed by atoms with E-state index in [-0.39, 0.29) is 50.6 Å². The van der Waals surface area contributed by atoms with E-state index in [1.54, 1.807) is 14.2 Å². The number of hydrogen-bond acceptors (Lipinski definition) is 18. The second kappa shape index (κ2) is 18.0. The summed E-state index contributed by atoms with van der Waals surface area (Å²) in [6.07, 6.45) is -1.31. The average Bonchev–Trinajstić information content (AvgIpc) is 4.38. The van der Waals surface area contributed by atoms with Crippen molar-refractivity contribution < 1.29 is 66.5 Å². The van der Waals surface area contributed by atoms with E-state index in [2.05, 4.69) is 0 Å². The highest BCUT2D eigenvalue weighted by molar-refractivity contribution is 5.92. The maximum Gasteiger partial charge on any atom is 0.310 e. The first-order chi connectivity index (χ1) is 36.8. The zero-order chi connectivity index (χ0) is 52.3. The SMILES string of the molecule is COc1cc([C@@H]2c3cc4c(cc3[C@H](OC(C)=O)[C@@H]3COC(=O)[C@@H]23)OCO4)cc2nc3cc(C)ccc3nc12.COc1cc([C@@H]2c3cc4c(cc3[C@H](OC(C)=O)[C@@H]3COC(=O)[C@@H]23)OCO4)cc2nc3ccc(C)cc3nc12. The molecule has 2 fully saturated rings. The lowest BCUT2D eigenvalue weighted by Gasteiger charge is -2.38. The van der Waals surface area contributed by atoms with Gasteiger partial charge in [0.1, 0.15) is 34.7 Å². The van der Waals surface area contributed by atoms with Gasteiger partial charge in [-0.05, 0) is 120 Å². The fourth-order valence-corrected chi connectivity index (χ4v) is 12.1. The number of methoxy groups -OCH3 is 2. The predicted molar refractivity (Wildman–Crippen MR) is 270 cm³/mol. The van der Waals surface area contributed by atoms with Crippen LogP contribution in [0.25, 0.3) is 44.1 Å². The van der Waals surface area contributed by atoms with Crippen LogP contribution in [0, 0.1) is 37.5 Å². The second-order valence-corrected chi connectivity index (χ2v) is 19.9. The molecular formula is C58H48N4O14. The fraction of sp³-hybridized carbons (Fsp3) is 0.310. The van der Waals surface area contributed by atoms with Gasteiger partial charge in [0, 0.05) is 48.6 Å². The van der Waals surface area contributed by atoms with Gasteiger partial charge in [0.15, 0.2) is 23.0 Å². The van der Waals surface area contributed by atoms with Crippen LogP contribution in [0.5, 0.6) is 34.5 Å². The molecule has 6 aliphatic rings. The van der Waals surface area contributed by atoms with Gasteiger partial charge in [-0.1, -0.05) is 12.1 Å². The molecule has 18 heteroatoms. The second-order valence-electron chi connectivity index (χ2n) is 19.9. The lowest BCUT2D eigenvalue weighted by molar-refractivity contribution is -0.152. The monoisotopic (exact) mass is 1020 g/mol. The van der Waals surface area contributed by atoms with Gasteiger partial charge in [-0.2, -0.15) is 0 Å². The van der Waals surface area contributed by atoms with Gasteiger partial charge in [-0.3, -0.25) is 19.2 Å². The number of hydrogen-bond donors (Lipinski definition) is 0. The molecule has 0 N–H and O–H groups in total. The summed E-state index contributed by atoms with van der Waals surface area (Å²) in [5.41, 5.74) is 12.7. The largest absolute Gasteiger partial charge is 0.494 e. The molecule has 384 valence electrons. The Labute approximate surface area is 433 Å². The normalized spacial score (nSPS) is 23.2. The Balaban J connectivity index is 0.000000146. The average molecular weight is 1030 g/mol. The number of carbonyl (C=O) groups is 4. The zero-order valence-electron chi connectivity index (χ0n) is 42.0. The maximum absolute atomic E-state index is 13.2. The quantitative estimate of drug-likeness (QED) is 0.0865. The molecule has 2 aliphatic carbocycles. The van der Waals surface area contributed by atoms with Crippen LogP contribution >= 0.6 is 0 Å². The van der Waals surface area contributed by atoms with Crippen molar-refractivity contribution in [1.82, 2.24) is 19.9 Å². The molecule has 0 saturated carbocycles. The van der Waals surface area contributed by atoms with E-state index < -0.39 is 47.8 Å². The van der Waals surface area contributed by atoms with Crippen LogP contribution in [0.3, 0.4) is 0 Å². The summed E-state index contributed by atoms with van der Waals surface area (Å²) in [4.78, 5) is 70.1. The van der Waals surface area contributed by atoms with Crippen LogP contribution in [0.4, 0.5) is 0 Å². The van der Waals surface area contributed by atoms with Crippen LogP contribution in [0.2, 0.25) is 0 Å². The Morgan fingerprint density at radius 2 is 0.868 bits per heavy atom. The topological polar surface area (TPSA) is 212 Å². The van der Waals surface area contributed by atoms with E-state index in [1.165, 1.54) is 13.8 Å². The van der Waals surface area contributed by atoms with E-state index in [1.807, 2.05) is 98.8 Å². The lowest BCUT2D eigenvalue weighted by Crippen LogP contribution is -2.36. The van der Waals surface area contributed by atoms with E-state index in [9.17, 15) is 19.2 Å². The molecule has 0 amide bonds. The number of ether oxygens (including phenoxy) is 10. The van der Waals surface area contributed by atoms with Crippen molar-refractivity contribution in [2.45, 2.75) is 51.7 Å². The van der Waals surface area contributed by atoms with Gasteiger partial charge in [0.2, 0.25) is 13.6 Å². The van der Waals surface area contributed by atoms with Crippen LogP contribution in [0.15, 0.2) is 84.9 Å². The first kappa shape index (κ1) is 46.9. The first-order valence-electron chi connectivity index (χ1n) is 24.9. The molecule has 6 aromatic carbocycles. The number of nitrogens with zero attached hydrogens (tertiary/aromatic N) is 4. The summed E-state index contributed by atoms with van der Waals surface area (Å²) in [6, 6.07) is 27.1. The molecule has 8 atom stereocenters. The Morgan fingerprint density at radius 1 is 0.474 bits per heavy atom. The van der Waals surface area contributed by atoms with Gasteiger partial charge in [0.25, 0.3) is 0 Å². The fourth-order valence-electron chi connectivity index (χ4n) is 12.1. The van der Waals surface area contributed by atoms with Crippen molar-refractivity contribution in [3.05, 3.63) is 129 Å². The molecule has 0 spiro atoms. The van der Waals surface area contributed by atoms with Crippen molar-refractivity contribution in [2.24, 2.45) is 23.7 Å². The van der Waals surface area contributed by atoms with Crippen molar-refractivity contribution in [1.29, 1.82) is 0 Å². The summed E-state index contributed by atoms with van der Waals surface area (Å²) in [5.74, 6) is -0.828. The minimum absolute atomic E-state index is 0.0991. The van der Waals surface area contributed by atoms with E-state index in [0.29, 0.717) is 56.6 Å². The minimum Gasteiger partial charge on any atom is -0.494 e. The van der Waals surface area contributed by atoms with Gasteiger partial charge < -0.3 is 47.4 Å². The lowest BCUT2D eigenvalue weighted by atomic mass is 9.66. The Kier molecular flexibility index (Phi) is 11.1. The van der Waals surface area contributed by atoms with E-state index >= 15 is 0 Å². The number of aryl methyl sites for hydroxylation is 2. The first-order valence-corrected chi connectivity index (χ1v) is 24.9. The number of fused-ring (bicyclic) bond motifs is 10. The third-order valence-electron chi connectivity index (χ3n) is 15.3. The molecular weight excluding hydrogens is 977 g/mol. The zero-order valence-corrected chi connectivity index (χ0v) is 42.0. The Morgan fingerprint density at radius 3 is 1.30 bits per heavy atom. The van der Waals surface area contributed by atoms with Gasteiger partial charge in [-0.15, -0.1) is 0 Å². The molecule has 4 aliphatic heterocycles. The van der Waals surface area contributed by atoms with Crippen molar-refractivity contribution in [3.63, 3.8) is 0 Å². The predicted octanol–water partition coefficient (Wildman–Crippen LogP) is 8.74. The smallest absolute Gasteiger partial charge is 0.310 e. The summed E-state index contributed by atoms with van der Waals surface area (Å²) < 4.78 is 56.9. The Bertz CT molecular complexity index is 3830. The summed E-state index contributed by atoms with van der Waals surface area (Å²) >= 11 is 0. The van der Waals surface area contributed by atoms with Crippen molar-refractivity contribution >= 4 is 68.0 Å². The van der Waals surface area contributed by atoms with Crippen molar-refractivity contribution in [3.8, 4) is 34.5 Å². The van der Waals surface area contributed by atoms with E-state index in [0.717, 1.165) is 66.6 Å². The molecule has 18 nitrogen and oxygen atoms in total. The standard InChI is InChI=1S/2C29H24N2O7/c1-13-4-5-19-20(6-13)30-21-7-15(8-24(34-3)27(21)31-19)25-16-9-22-23(37-12-36-22)10-17(16)28(38-14(2)32)18-11-35-29(33)26(18)25;1-13-4-5-19-20(6-13)31-27-21(30-19)7-15(8-24(27)34-3)25-16-9-22-23(37-12-36-22)10-17(16)28(38-14(2)32)18-11-35-29(33)26(18)25/h2*4-10,18,25-26,28H,11-12H2,1-3H3/t2*18-,25-,26-,28+/m11/s1. The highest BCUT2D eigenvalue weighted by Crippen LogP contribution is 2.58. The number of esters is 4. The van der Waals surface area contributed by atoms with Gasteiger partial charge in [-0.25, -0.2) is 19.9 Å². The number of cyclic esters (lactones) is 2. The maximum atomic E-state index is 13.2. The summed E-state index contributed by atoms with van der Waals surface area (Å²) in [7, 11) is 3.19. The van der Waals surface area contributed by atoms with Gasteiger partial charge >= 0.3 is 23.9 Å². The van der Waals surface area contributed by atoms with E-state index in [4.69, 9.17) is 67.3 Å². The number of benzene rings is 6. The molecule has 2 aromatic heterocycles. The minimum atomic E-state index is -0.654. The summed E-state index contributed by atoms with van der Waals surface area (Å²) in [6.45, 7) is 7.26. The number of aromatic nitrogens is 4. The Hall–Kier alpha value is -8.80. The molecule has 8 aromatic rings. The van der Waals surface area contributed by atoms with Gasteiger partial charge in [0.05, 0.1) is 72.4 Å². The molecule has 6 heterocycles. The molecule has 14 rings (SSSR count). The molecule has 2 saturated heterocycles. The van der Waals surface area contributed by atoms with Crippen LogP contribution in [0.1, 0.15) is 82.4 Å². The number of rotatable bonds is 6. The summed E-state index contributed by atoms with van der Waals surface area (Å²) in [5, 5.41) is 0. The van der Waals surface area contributed by atoms with Crippen LogP contribution in [-0.2, 0) is 38.1 Å². The molecule has 0 bridgehead atoms. The highest BCUT2D eigenvalue weighted by atomic mass is 16.7. The molecule has 0 radical (unpaired) electrons.